The zero-order chi connectivity index (χ0) is 12.7. The van der Waals surface area contributed by atoms with Gasteiger partial charge in [0.15, 0.2) is 0 Å². The number of amides is 1. The molecule has 0 saturated heterocycles. The van der Waals surface area contributed by atoms with Gasteiger partial charge < -0.3 is 10.6 Å². The first-order chi connectivity index (χ1) is 8.21. The van der Waals surface area contributed by atoms with Crippen molar-refractivity contribution in [3.63, 3.8) is 0 Å². The first kappa shape index (κ1) is 13.0. The van der Waals surface area contributed by atoms with Crippen LogP contribution in [0.3, 0.4) is 0 Å². The van der Waals surface area contributed by atoms with E-state index in [1.54, 1.807) is 25.4 Å². The van der Waals surface area contributed by atoms with Crippen LogP contribution < -0.4 is 10.6 Å². The standard InChI is InChI=1S/C13H17N3O/c1-4-6-10(5-2)16-11-7-8-15-12(9-11)13(17)14-3/h2,7-10H,4,6H2,1,3H3,(H,14,17)(H,15,16). The summed E-state index contributed by atoms with van der Waals surface area (Å²) < 4.78 is 0. The highest BCUT2D eigenvalue weighted by Gasteiger charge is 2.07. The monoisotopic (exact) mass is 231 g/mol. The van der Waals surface area contributed by atoms with Gasteiger partial charge in [-0.3, -0.25) is 9.78 Å². The second-order valence-electron chi connectivity index (χ2n) is 3.66. The lowest BCUT2D eigenvalue weighted by Crippen LogP contribution is -2.20. The summed E-state index contributed by atoms with van der Waals surface area (Å²) in [6.07, 6.45) is 8.92. The van der Waals surface area contributed by atoms with Gasteiger partial charge >= 0.3 is 0 Å². The Hall–Kier alpha value is -2.02. The molecule has 1 heterocycles. The van der Waals surface area contributed by atoms with Gasteiger partial charge in [0.05, 0.1) is 6.04 Å². The van der Waals surface area contributed by atoms with Crippen molar-refractivity contribution in [2.75, 3.05) is 12.4 Å². The molecule has 1 aromatic rings. The zero-order valence-corrected chi connectivity index (χ0v) is 10.2. The number of pyridine rings is 1. The molecule has 0 bridgehead atoms. The van der Waals surface area contributed by atoms with Gasteiger partial charge in [0.25, 0.3) is 5.91 Å². The molecule has 1 unspecified atom stereocenters. The van der Waals surface area contributed by atoms with Crippen LogP contribution in [0.2, 0.25) is 0 Å². The molecule has 0 aromatic carbocycles. The second kappa shape index (κ2) is 6.54. The molecule has 4 heteroatoms. The molecule has 90 valence electrons. The fourth-order valence-electron chi connectivity index (χ4n) is 1.46. The minimum Gasteiger partial charge on any atom is -0.371 e. The molecule has 0 aliphatic heterocycles. The number of hydrogen-bond acceptors (Lipinski definition) is 3. The molecule has 0 aliphatic rings. The highest BCUT2D eigenvalue weighted by atomic mass is 16.1. The number of aromatic nitrogens is 1. The molecular formula is C13H17N3O. The summed E-state index contributed by atoms with van der Waals surface area (Å²) in [5, 5.41) is 5.72. The van der Waals surface area contributed by atoms with Crippen molar-refractivity contribution in [1.29, 1.82) is 0 Å². The lowest BCUT2D eigenvalue weighted by Gasteiger charge is -2.13. The molecule has 1 amide bonds. The van der Waals surface area contributed by atoms with Crippen LogP contribution in [0, 0.1) is 12.3 Å². The maximum absolute atomic E-state index is 11.4. The number of hydrogen-bond donors (Lipinski definition) is 2. The van der Waals surface area contributed by atoms with Crippen LogP contribution in [-0.4, -0.2) is 24.0 Å². The normalized spacial score (nSPS) is 11.4. The fraction of sp³-hybridized carbons (Fsp3) is 0.385. The number of carbonyl (C=O) groups is 1. The van der Waals surface area contributed by atoms with Crippen molar-refractivity contribution in [1.82, 2.24) is 10.3 Å². The van der Waals surface area contributed by atoms with E-state index in [4.69, 9.17) is 6.42 Å². The van der Waals surface area contributed by atoms with Crippen LogP contribution in [0.4, 0.5) is 5.69 Å². The Morgan fingerprint density at radius 3 is 3.00 bits per heavy atom. The Kier molecular flexibility index (Phi) is 5.02. The number of rotatable bonds is 5. The van der Waals surface area contributed by atoms with E-state index in [-0.39, 0.29) is 11.9 Å². The Morgan fingerprint density at radius 2 is 2.41 bits per heavy atom. The summed E-state index contributed by atoms with van der Waals surface area (Å²) in [5.74, 6) is 2.48. The number of anilines is 1. The van der Waals surface area contributed by atoms with Crippen molar-refractivity contribution < 1.29 is 4.79 Å². The first-order valence-electron chi connectivity index (χ1n) is 5.62. The Bertz CT molecular complexity index is 423. The van der Waals surface area contributed by atoms with Gasteiger partial charge in [0.1, 0.15) is 5.69 Å². The van der Waals surface area contributed by atoms with Crippen LogP contribution in [0.5, 0.6) is 0 Å². The van der Waals surface area contributed by atoms with Gasteiger partial charge in [-0.1, -0.05) is 19.3 Å². The largest absolute Gasteiger partial charge is 0.371 e. The minimum absolute atomic E-state index is 0.0139. The van der Waals surface area contributed by atoms with Gasteiger partial charge in [0.2, 0.25) is 0 Å². The zero-order valence-electron chi connectivity index (χ0n) is 10.2. The molecule has 0 saturated carbocycles. The van der Waals surface area contributed by atoms with Gasteiger partial charge in [-0.25, -0.2) is 0 Å². The molecule has 0 spiro atoms. The molecule has 1 aromatic heterocycles. The maximum Gasteiger partial charge on any atom is 0.269 e. The molecule has 0 aliphatic carbocycles. The number of nitrogens with zero attached hydrogens (tertiary/aromatic N) is 1. The number of nitrogens with one attached hydrogen (secondary N) is 2. The quantitative estimate of drug-likeness (QED) is 0.758. The molecule has 0 radical (unpaired) electrons. The average molecular weight is 231 g/mol. The Morgan fingerprint density at radius 1 is 1.65 bits per heavy atom. The van der Waals surface area contributed by atoms with Crippen molar-refractivity contribution in [2.45, 2.75) is 25.8 Å². The van der Waals surface area contributed by atoms with Crippen LogP contribution in [0.15, 0.2) is 18.3 Å². The highest BCUT2D eigenvalue weighted by Crippen LogP contribution is 2.11. The maximum atomic E-state index is 11.4. The summed E-state index contributed by atoms with van der Waals surface area (Å²) in [4.78, 5) is 15.4. The van der Waals surface area contributed by atoms with Gasteiger partial charge in [-0.15, -0.1) is 6.42 Å². The third kappa shape index (κ3) is 3.80. The molecule has 4 nitrogen and oxygen atoms in total. The summed E-state index contributed by atoms with van der Waals surface area (Å²) in [6.45, 7) is 2.08. The third-order valence-electron chi connectivity index (χ3n) is 2.34. The minimum atomic E-state index is -0.207. The first-order valence-corrected chi connectivity index (χ1v) is 5.62. The molecule has 1 rings (SSSR count). The van der Waals surface area contributed by atoms with Gasteiger partial charge in [-0.05, 0) is 18.6 Å². The van der Waals surface area contributed by atoms with Gasteiger partial charge in [0, 0.05) is 18.9 Å². The molecule has 1 atom stereocenters. The van der Waals surface area contributed by atoms with Crippen molar-refractivity contribution >= 4 is 11.6 Å². The third-order valence-corrected chi connectivity index (χ3v) is 2.34. The van der Waals surface area contributed by atoms with E-state index in [1.165, 1.54) is 0 Å². The van der Waals surface area contributed by atoms with Crippen molar-refractivity contribution in [3.05, 3.63) is 24.0 Å². The number of terminal acetylenes is 1. The van der Waals surface area contributed by atoms with Crippen LogP contribution in [0.1, 0.15) is 30.3 Å². The fourth-order valence-corrected chi connectivity index (χ4v) is 1.46. The smallest absolute Gasteiger partial charge is 0.269 e. The lowest BCUT2D eigenvalue weighted by atomic mass is 10.1. The Labute approximate surface area is 102 Å². The van der Waals surface area contributed by atoms with Crippen molar-refractivity contribution in [2.24, 2.45) is 0 Å². The summed E-state index contributed by atoms with van der Waals surface area (Å²) in [7, 11) is 1.57. The second-order valence-corrected chi connectivity index (χ2v) is 3.66. The lowest BCUT2D eigenvalue weighted by molar-refractivity contribution is 0.0958. The average Bonchev–Trinajstić information content (AvgIpc) is 2.37. The Balaban J connectivity index is 2.78. The predicted molar refractivity (Wildman–Crippen MR) is 68.8 cm³/mol. The highest BCUT2D eigenvalue weighted by molar-refractivity contribution is 5.92. The van der Waals surface area contributed by atoms with E-state index in [0.717, 1.165) is 18.5 Å². The topological polar surface area (TPSA) is 54.0 Å². The van der Waals surface area contributed by atoms with Crippen LogP contribution in [-0.2, 0) is 0 Å². The van der Waals surface area contributed by atoms with E-state index < -0.39 is 0 Å². The number of carbonyl (C=O) groups excluding carboxylic acids is 1. The van der Waals surface area contributed by atoms with Crippen molar-refractivity contribution in [3.8, 4) is 12.3 Å². The summed E-state index contributed by atoms with van der Waals surface area (Å²) >= 11 is 0. The van der Waals surface area contributed by atoms with Crippen LogP contribution >= 0.6 is 0 Å². The molecule has 2 N–H and O–H groups in total. The summed E-state index contributed by atoms with van der Waals surface area (Å²) in [6, 6.07) is 3.48. The van der Waals surface area contributed by atoms with E-state index >= 15 is 0 Å². The van der Waals surface area contributed by atoms with Crippen LogP contribution in [0.25, 0.3) is 0 Å². The molecule has 0 fully saturated rings. The molecule has 17 heavy (non-hydrogen) atoms. The van der Waals surface area contributed by atoms with E-state index in [2.05, 4.69) is 28.5 Å². The van der Waals surface area contributed by atoms with E-state index in [1.807, 2.05) is 0 Å². The SMILES string of the molecule is C#CC(CCC)Nc1ccnc(C(=O)NC)c1. The van der Waals surface area contributed by atoms with E-state index in [9.17, 15) is 4.79 Å². The molecular weight excluding hydrogens is 214 g/mol. The van der Waals surface area contributed by atoms with Gasteiger partial charge in [-0.2, -0.15) is 0 Å². The predicted octanol–water partition coefficient (Wildman–Crippen LogP) is 1.66. The van der Waals surface area contributed by atoms with E-state index in [0.29, 0.717) is 5.69 Å². The summed E-state index contributed by atoms with van der Waals surface area (Å²) in [5.41, 5.74) is 1.19.